The Morgan fingerprint density at radius 1 is 1.11 bits per heavy atom. The molecule has 0 aromatic carbocycles. The fourth-order valence-electron chi connectivity index (χ4n) is 7.89. The molecule has 12 nitrogen and oxygen atoms in total. The van der Waals surface area contributed by atoms with E-state index in [1.807, 2.05) is 39.8 Å². The van der Waals surface area contributed by atoms with Gasteiger partial charge in [-0.25, -0.2) is 4.84 Å². The van der Waals surface area contributed by atoms with E-state index in [0.717, 1.165) is 39.7 Å². The van der Waals surface area contributed by atoms with Crippen LogP contribution in [0.15, 0.2) is 33.9 Å². The molecule has 0 bridgehead atoms. The van der Waals surface area contributed by atoms with Crippen LogP contribution in [-0.2, 0) is 30.4 Å². The lowest BCUT2D eigenvalue weighted by molar-refractivity contribution is -0.138. The van der Waals surface area contributed by atoms with Crippen LogP contribution < -0.4 is 21.3 Å². The van der Waals surface area contributed by atoms with Crippen molar-refractivity contribution in [2.24, 2.45) is 17.8 Å². The number of aromatic nitrogens is 1. The van der Waals surface area contributed by atoms with Crippen LogP contribution in [0, 0.1) is 24.7 Å². The Morgan fingerprint density at radius 2 is 1.80 bits per heavy atom. The van der Waals surface area contributed by atoms with E-state index in [1.54, 1.807) is 11.1 Å². The Morgan fingerprint density at radius 3 is 2.46 bits per heavy atom. The van der Waals surface area contributed by atoms with Crippen LogP contribution in [0.2, 0.25) is 0 Å². The molecule has 0 radical (unpaired) electrons. The van der Waals surface area contributed by atoms with Crippen molar-refractivity contribution in [2.75, 3.05) is 0 Å². The number of fused-ring (bicyclic) bond motifs is 1. The summed E-state index contributed by atoms with van der Waals surface area (Å²) in [5.74, 6) is -3.41. The fraction of sp³-hybridized carbons (Fsp3) is 0.545. The monoisotopic (exact) mass is 654 g/mol. The van der Waals surface area contributed by atoms with Gasteiger partial charge in [0.25, 0.3) is 11.8 Å². The van der Waals surface area contributed by atoms with Gasteiger partial charge >= 0.3 is 11.9 Å². The molecule has 1 aromatic heterocycles. The number of hydrogen-bond donors (Lipinski definition) is 7. The van der Waals surface area contributed by atoms with E-state index in [1.165, 1.54) is 5.41 Å². The number of carboxylic acid groups (broad SMARTS) is 2. The molecule has 248 valence electrons. The number of nitrogens with one attached hydrogen (secondary N) is 3. The molecule has 46 heavy (non-hydrogen) atoms. The summed E-state index contributed by atoms with van der Waals surface area (Å²) < 4.78 is 6.46. The van der Waals surface area contributed by atoms with Gasteiger partial charge in [-0.05, 0) is 78.5 Å². The largest absolute Gasteiger partial charge is 0.481 e. The van der Waals surface area contributed by atoms with Crippen LogP contribution in [0.3, 0.4) is 0 Å². The number of carboxylic acids is 2. The lowest BCUT2D eigenvalue weighted by Gasteiger charge is -2.24. The van der Waals surface area contributed by atoms with E-state index in [-0.39, 0.29) is 61.1 Å². The molecular formula is C33H42N4O8S. The molecule has 1 spiro atoms. The lowest BCUT2D eigenvalue weighted by atomic mass is 9.82. The number of H-pyrrole nitrogens is 1. The molecule has 0 saturated carbocycles. The molecule has 0 aliphatic carbocycles. The standard InChI is InChI=1S/C33H42N4O8S/c1-6-19-18(5)33(43)37(45-33)29(19)30-32(44-30)17(4)22(8-10-28(40)41)26(36-32)14-25-20(7-9-27(38)39)15(2)23(34-25)13-24-16(3)21(11-12-46)31(42)35-24/h11-14,17-19,24,29-30,34,36,43,46H,6-10H2,1-5H3,(H,35,42)(H,38,39)(H,40,41)/b12-11+,23-13+,25-14+/t17?,18-,19-,24-,29?,30+,32-,33+,37?/m1/s1. The minimum atomic E-state index is -1.28. The Bertz CT molecular complexity index is 1710. The number of amides is 1. The summed E-state index contributed by atoms with van der Waals surface area (Å²) in [5.41, 5.74) is 3.92. The molecule has 3 fully saturated rings. The van der Waals surface area contributed by atoms with Gasteiger partial charge in [0.05, 0.1) is 12.1 Å². The third-order valence-corrected chi connectivity index (χ3v) is 10.9. The van der Waals surface area contributed by atoms with Crippen molar-refractivity contribution in [1.82, 2.24) is 20.7 Å². The van der Waals surface area contributed by atoms with E-state index in [2.05, 4.69) is 35.2 Å². The van der Waals surface area contributed by atoms with Crippen LogP contribution in [-0.4, -0.2) is 73.0 Å². The zero-order chi connectivity index (χ0) is 33.3. The number of nitrogens with zero attached hydrogens (tertiary/aromatic N) is 1. The Balaban J connectivity index is 1.39. The van der Waals surface area contributed by atoms with E-state index < -0.39 is 23.6 Å². The number of allylic oxidation sites excluding steroid dienone is 1. The van der Waals surface area contributed by atoms with E-state index in [9.17, 15) is 29.7 Å². The van der Waals surface area contributed by atoms with Crippen LogP contribution in [0.4, 0.5) is 0 Å². The third kappa shape index (κ3) is 5.22. The number of ether oxygens (including phenoxy) is 1. The maximum Gasteiger partial charge on any atom is 0.303 e. The third-order valence-electron chi connectivity index (χ3n) is 10.7. The van der Waals surface area contributed by atoms with Crippen LogP contribution in [0.25, 0.3) is 12.2 Å². The van der Waals surface area contributed by atoms with Crippen molar-refractivity contribution in [1.29, 1.82) is 0 Å². The highest BCUT2D eigenvalue weighted by atomic mass is 32.1. The molecule has 5 aliphatic rings. The second-order valence-electron chi connectivity index (χ2n) is 13.1. The maximum absolute atomic E-state index is 12.6. The average Bonchev–Trinajstić information content (AvgIpc) is 3.77. The van der Waals surface area contributed by atoms with Crippen molar-refractivity contribution in [3.05, 3.63) is 55.7 Å². The van der Waals surface area contributed by atoms with Crippen molar-refractivity contribution < 1.29 is 39.3 Å². The normalized spacial score (nSPS) is 37.1. The van der Waals surface area contributed by atoms with Crippen molar-refractivity contribution in [3.8, 4) is 0 Å². The number of carbonyl (C=O) groups excluding carboxylic acids is 1. The van der Waals surface area contributed by atoms with Crippen LogP contribution in [0.5, 0.6) is 0 Å². The molecule has 3 saturated heterocycles. The number of hydrogen-bond acceptors (Lipinski definition) is 9. The highest BCUT2D eigenvalue weighted by Crippen LogP contribution is 2.62. The van der Waals surface area contributed by atoms with Gasteiger partial charge in [0.2, 0.25) is 0 Å². The Labute approximate surface area is 272 Å². The summed E-state index contributed by atoms with van der Waals surface area (Å²) >= 11 is 4.11. The van der Waals surface area contributed by atoms with Crippen molar-refractivity contribution in [3.63, 3.8) is 0 Å². The molecular weight excluding hydrogens is 612 g/mol. The molecule has 6 N–H and O–H groups in total. The number of aliphatic carboxylic acids is 2. The van der Waals surface area contributed by atoms with Crippen LogP contribution >= 0.6 is 12.6 Å². The second-order valence-corrected chi connectivity index (χ2v) is 13.4. The maximum atomic E-state index is 12.6. The van der Waals surface area contributed by atoms with E-state index in [0.29, 0.717) is 17.3 Å². The van der Waals surface area contributed by atoms with Gasteiger partial charge in [-0.2, -0.15) is 12.6 Å². The summed E-state index contributed by atoms with van der Waals surface area (Å²) in [6.07, 6.45) is 6.50. The first-order chi connectivity index (χ1) is 21.8. The minimum Gasteiger partial charge on any atom is -0.481 e. The highest BCUT2D eigenvalue weighted by molar-refractivity contribution is 7.83. The van der Waals surface area contributed by atoms with Gasteiger partial charge in [0.15, 0.2) is 5.72 Å². The van der Waals surface area contributed by atoms with Gasteiger partial charge in [0.1, 0.15) is 6.10 Å². The van der Waals surface area contributed by atoms with Gasteiger partial charge in [-0.3, -0.25) is 14.4 Å². The van der Waals surface area contributed by atoms with E-state index >= 15 is 0 Å². The fourth-order valence-corrected chi connectivity index (χ4v) is 8.04. The molecule has 1 aromatic rings. The first-order valence-electron chi connectivity index (χ1n) is 15.8. The van der Waals surface area contributed by atoms with Gasteiger partial charge < -0.3 is 35.7 Å². The summed E-state index contributed by atoms with van der Waals surface area (Å²) in [6.45, 7) is 9.90. The molecule has 6 heterocycles. The highest BCUT2D eigenvalue weighted by Gasteiger charge is 2.79. The molecule has 3 unspecified atom stereocenters. The molecule has 13 heteroatoms. The summed E-state index contributed by atoms with van der Waals surface area (Å²) in [4.78, 5) is 44.9. The number of aliphatic hydroxyl groups is 1. The molecule has 5 aliphatic heterocycles. The van der Waals surface area contributed by atoms with Gasteiger partial charge in [-0.15, -0.1) is 5.06 Å². The number of carbonyl (C=O) groups is 3. The number of hydroxylamine groups is 2. The van der Waals surface area contributed by atoms with Crippen molar-refractivity contribution in [2.45, 2.75) is 96.5 Å². The SMILES string of the molecule is CC[C@H]1C([C@@H]2O[C@@]23NC(/C=c2/[nH]/c(=C/[C@H]4NC(=O)C(/C=C/S)=C4C)c(C)c2CCC(=O)O)=C(CCC(=O)O)C3C)N2O[C@@]2(O)[C@@H]1C. The smallest absolute Gasteiger partial charge is 0.303 e. The summed E-state index contributed by atoms with van der Waals surface area (Å²) in [7, 11) is 0. The lowest BCUT2D eigenvalue weighted by Crippen LogP contribution is -2.42. The zero-order valence-corrected chi connectivity index (χ0v) is 27.5. The minimum absolute atomic E-state index is 0.0584. The first kappa shape index (κ1) is 32.6. The Kier molecular flexibility index (Phi) is 8.29. The first-order valence-corrected chi connectivity index (χ1v) is 16.4. The number of epoxide rings is 1. The zero-order valence-electron chi connectivity index (χ0n) is 26.6. The summed E-state index contributed by atoms with van der Waals surface area (Å²) in [5, 5.41) is 41.2. The predicted molar refractivity (Wildman–Crippen MR) is 171 cm³/mol. The second kappa shape index (κ2) is 11.7. The van der Waals surface area contributed by atoms with Crippen molar-refractivity contribution >= 4 is 42.6 Å². The Hall–Kier alpha value is -3.36. The molecule has 9 atom stereocenters. The predicted octanol–water partition coefficient (Wildman–Crippen LogP) is 1.55. The number of rotatable bonds is 11. The van der Waals surface area contributed by atoms with E-state index in [4.69, 9.17) is 9.57 Å². The van der Waals surface area contributed by atoms with Gasteiger partial charge in [0, 0.05) is 46.6 Å². The molecule has 1 amide bonds. The topological polar surface area (TPSA) is 180 Å². The molecule has 6 rings (SSSR count). The van der Waals surface area contributed by atoms with Gasteiger partial charge in [-0.1, -0.05) is 27.2 Å². The number of aromatic amines is 1. The quantitative estimate of drug-likeness (QED) is 0.137. The summed E-state index contributed by atoms with van der Waals surface area (Å²) in [6, 6.07) is -0.526. The average molecular weight is 655 g/mol. The van der Waals surface area contributed by atoms with Crippen LogP contribution in [0.1, 0.15) is 64.5 Å². The number of thiol groups is 1.